The first-order valence-corrected chi connectivity index (χ1v) is 10.2. The van der Waals surface area contributed by atoms with Gasteiger partial charge in [-0.15, -0.1) is 0 Å². The predicted molar refractivity (Wildman–Crippen MR) is 114 cm³/mol. The first kappa shape index (κ1) is 21.0. The molecule has 7 heteroatoms. The lowest BCUT2D eigenvalue weighted by atomic mass is 9.96. The van der Waals surface area contributed by atoms with Crippen molar-refractivity contribution in [1.29, 1.82) is 0 Å². The molecule has 0 unspecified atom stereocenters. The van der Waals surface area contributed by atoms with Gasteiger partial charge in [0.1, 0.15) is 17.4 Å². The number of piperidine rings is 1. The number of nitrogens with one attached hydrogen (secondary N) is 2. The molecule has 1 aromatic heterocycles. The highest BCUT2D eigenvalue weighted by molar-refractivity contribution is 5.76. The predicted octanol–water partition coefficient (Wildman–Crippen LogP) is 2.59. The number of carbonyl (C=O) groups is 1. The first-order valence-electron chi connectivity index (χ1n) is 10.2. The zero-order valence-corrected chi connectivity index (χ0v) is 17.6. The monoisotopic (exact) mass is 397 g/mol. The number of amides is 1. The number of aromatic nitrogens is 2. The van der Waals surface area contributed by atoms with E-state index in [4.69, 9.17) is 9.72 Å². The Balaban J connectivity index is 1.60. The average molecular weight is 398 g/mol. The molecule has 156 valence electrons. The van der Waals surface area contributed by atoms with Crippen LogP contribution < -0.4 is 15.4 Å². The van der Waals surface area contributed by atoms with Crippen LogP contribution in [0.4, 0.5) is 5.82 Å². The van der Waals surface area contributed by atoms with Crippen molar-refractivity contribution >= 4 is 11.7 Å². The van der Waals surface area contributed by atoms with E-state index in [1.165, 1.54) is 0 Å². The van der Waals surface area contributed by atoms with E-state index < -0.39 is 0 Å². The Morgan fingerprint density at radius 2 is 2.10 bits per heavy atom. The summed E-state index contributed by atoms with van der Waals surface area (Å²) in [6, 6.07) is 9.85. The molecule has 0 radical (unpaired) electrons. The molecule has 0 bridgehead atoms. The van der Waals surface area contributed by atoms with Gasteiger partial charge in [0.05, 0.1) is 19.3 Å². The maximum Gasteiger partial charge on any atom is 0.223 e. The van der Waals surface area contributed by atoms with Crippen molar-refractivity contribution in [2.45, 2.75) is 38.1 Å². The van der Waals surface area contributed by atoms with E-state index in [1.54, 1.807) is 12.0 Å². The second kappa shape index (κ2) is 10.2. The second-order valence-corrected chi connectivity index (χ2v) is 7.49. The fraction of sp³-hybridized carbons (Fsp3) is 0.500. The van der Waals surface area contributed by atoms with Gasteiger partial charge in [0.25, 0.3) is 0 Å². The van der Waals surface area contributed by atoms with E-state index in [-0.39, 0.29) is 5.91 Å². The third-order valence-electron chi connectivity index (χ3n) is 5.35. The summed E-state index contributed by atoms with van der Waals surface area (Å²) in [4.78, 5) is 23.6. The molecule has 0 spiro atoms. The van der Waals surface area contributed by atoms with Gasteiger partial charge in [0, 0.05) is 39.0 Å². The number of hydrogen-bond donors (Lipinski definition) is 2. The fourth-order valence-corrected chi connectivity index (χ4v) is 3.56. The molecular weight excluding hydrogens is 366 g/mol. The molecule has 1 saturated heterocycles. The highest BCUT2D eigenvalue weighted by Gasteiger charge is 2.19. The van der Waals surface area contributed by atoms with Crippen molar-refractivity contribution in [1.82, 2.24) is 20.2 Å². The highest BCUT2D eigenvalue weighted by atomic mass is 16.5. The Labute approximate surface area is 172 Å². The van der Waals surface area contributed by atoms with Gasteiger partial charge in [-0.2, -0.15) is 0 Å². The largest absolute Gasteiger partial charge is 0.497 e. The van der Waals surface area contributed by atoms with Crippen molar-refractivity contribution in [2.75, 3.05) is 39.6 Å². The number of carbonyl (C=O) groups excluding carboxylic acids is 1. The van der Waals surface area contributed by atoms with Crippen molar-refractivity contribution in [3.63, 3.8) is 0 Å². The Kier molecular flexibility index (Phi) is 7.41. The number of rotatable bonds is 8. The highest BCUT2D eigenvalue weighted by Crippen LogP contribution is 2.23. The number of benzene rings is 1. The summed E-state index contributed by atoms with van der Waals surface area (Å²) < 4.78 is 5.17. The van der Waals surface area contributed by atoms with Gasteiger partial charge >= 0.3 is 0 Å². The first-order chi connectivity index (χ1) is 14.1. The molecule has 2 aromatic rings. The maximum atomic E-state index is 12.6. The average Bonchev–Trinajstić information content (AvgIpc) is 2.78. The van der Waals surface area contributed by atoms with Gasteiger partial charge in [-0.05, 0) is 43.5 Å². The minimum Gasteiger partial charge on any atom is -0.497 e. The summed E-state index contributed by atoms with van der Waals surface area (Å²) in [5, 5.41) is 6.56. The molecule has 1 fully saturated rings. The van der Waals surface area contributed by atoms with Crippen LogP contribution >= 0.6 is 0 Å². The van der Waals surface area contributed by atoms with Gasteiger partial charge in [0.2, 0.25) is 5.91 Å². The molecule has 7 nitrogen and oxygen atoms in total. The molecule has 0 aliphatic carbocycles. The van der Waals surface area contributed by atoms with Crippen molar-refractivity contribution in [2.24, 2.45) is 0 Å². The summed E-state index contributed by atoms with van der Waals surface area (Å²) in [5.74, 6) is 2.78. The van der Waals surface area contributed by atoms with Crippen LogP contribution in [0.25, 0.3) is 0 Å². The van der Waals surface area contributed by atoms with Crippen LogP contribution in [0.5, 0.6) is 5.75 Å². The Bertz CT molecular complexity index is 803. The lowest BCUT2D eigenvalue weighted by Crippen LogP contribution is -2.30. The van der Waals surface area contributed by atoms with Crippen LogP contribution in [0.2, 0.25) is 0 Å². The molecule has 1 aromatic carbocycles. The van der Waals surface area contributed by atoms with Gasteiger partial charge in [-0.25, -0.2) is 9.97 Å². The zero-order valence-electron chi connectivity index (χ0n) is 17.6. The number of ether oxygens (including phenoxy) is 1. The van der Waals surface area contributed by atoms with Gasteiger partial charge in [-0.3, -0.25) is 4.79 Å². The number of methoxy groups -OCH3 is 1. The summed E-state index contributed by atoms with van der Waals surface area (Å²) >= 11 is 0. The number of nitrogens with zero attached hydrogens (tertiary/aromatic N) is 3. The third-order valence-corrected chi connectivity index (χ3v) is 5.35. The van der Waals surface area contributed by atoms with Crippen LogP contribution in [0, 0.1) is 0 Å². The fourth-order valence-electron chi connectivity index (χ4n) is 3.56. The van der Waals surface area contributed by atoms with E-state index in [0.29, 0.717) is 31.1 Å². The summed E-state index contributed by atoms with van der Waals surface area (Å²) in [5.41, 5.74) is 2.17. The van der Waals surface area contributed by atoms with E-state index in [0.717, 1.165) is 48.8 Å². The molecule has 1 atom stereocenters. The smallest absolute Gasteiger partial charge is 0.223 e. The summed E-state index contributed by atoms with van der Waals surface area (Å²) in [6.07, 6.45) is 3.43. The molecule has 1 aliphatic heterocycles. The van der Waals surface area contributed by atoms with E-state index in [2.05, 4.69) is 15.6 Å². The summed E-state index contributed by atoms with van der Waals surface area (Å²) in [6.45, 7) is 2.42. The van der Waals surface area contributed by atoms with Gasteiger partial charge < -0.3 is 20.3 Å². The second-order valence-electron chi connectivity index (χ2n) is 7.49. The van der Waals surface area contributed by atoms with Crippen LogP contribution in [-0.2, 0) is 17.8 Å². The normalized spacial score (nSPS) is 16.3. The summed E-state index contributed by atoms with van der Waals surface area (Å²) in [7, 11) is 5.32. The number of aryl methyl sites for hydroxylation is 1. The maximum absolute atomic E-state index is 12.6. The van der Waals surface area contributed by atoms with E-state index in [1.807, 2.05) is 44.4 Å². The van der Waals surface area contributed by atoms with Crippen molar-refractivity contribution in [3.05, 3.63) is 47.4 Å². The number of hydrogen-bond acceptors (Lipinski definition) is 6. The van der Waals surface area contributed by atoms with E-state index >= 15 is 0 Å². The standard InChI is InChI=1S/C22H31N5O2/c1-23-20-13-19(17-5-4-12-24-14-17)25-21(26-20)15-27(2)22(28)11-8-16-6-9-18(29-3)10-7-16/h6-7,9-10,13,17,24H,4-5,8,11-12,14-15H2,1-3H3,(H,23,25,26)/t17-/m1/s1. The van der Waals surface area contributed by atoms with Crippen LogP contribution in [0.15, 0.2) is 30.3 Å². The van der Waals surface area contributed by atoms with Crippen LogP contribution in [0.3, 0.4) is 0 Å². The molecule has 1 aliphatic rings. The molecule has 2 N–H and O–H groups in total. The Hall–Kier alpha value is -2.67. The number of anilines is 1. The molecule has 1 amide bonds. The molecule has 2 heterocycles. The zero-order chi connectivity index (χ0) is 20.6. The molecular formula is C22H31N5O2. The van der Waals surface area contributed by atoms with Gasteiger partial charge in [-0.1, -0.05) is 12.1 Å². The van der Waals surface area contributed by atoms with E-state index in [9.17, 15) is 4.79 Å². The minimum absolute atomic E-state index is 0.0835. The topological polar surface area (TPSA) is 79.4 Å². The van der Waals surface area contributed by atoms with Gasteiger partial charge in [0.15, 0.2) is 0 Å². The molecule has 29 heavy (non-hydrogen) atoms. The molecule has 3 rings (SSSR count). The molecule has 0 saturated carbocycles. The Morgan fingerprint density at radius 1 is 1.31 bits per heavy atom. The minimum atomic E-state index is 0.0835. The van der Waals surface area contributed by atoms with Crippen molar-refractivity contribution < 1.29 is 9.53 Å². The van der Waals surface area contributed by atoms with Crippen molar-refractivity contribution in [3.8, 4) is 5.75 Å². The van der Waals surface area contributed by atoms with Crippen LogP contribution in [0.1, 0.15) is 42.3 Å². The Morgan fingerprint density at radius 3 is 2.76 bits per heavy atom. The lowest BCUT2D eigenvalue weighted by Gasteiger charge is -2.23. The lowest BCUT2D eigenvalue weighted by molar-refractivity contribution is -0.130. The quantitative estimate of drug-likeness (QED) is 0.713. The SMILES string of the molecule is CNc1cc([C@@H]2CCCNC2)nc(CN(C)C(=O)CCc2ccc(OC)cc2)n1. The van der Waals surface area contributed by atoms with Crippen LogP contribution in [-0.4, -0.2) is 55.1 Å². The third kappa shape index (κ3) is 5.90.